The minimum Gasteiger partial charge on any atom is -0.378 e. The van der Waals surface area contributed by atoms with Gasteiger partial charge in [-0.25, -0.2) is 0 Å². The number of hydrogen-bond acceptors (Lipinski definition) is 3. The third kappa shape index (κ3) is 2.15. The summed E-state index contributed by atoms with van der Waals surface area (Å²) in [6.45, 7) is 1.36. The highest BCUT2D eigenvalue weighted by atomic mass is 19.4. The van der Waals surface area contributed by atoms with E-state index in [1.54, 1.807) is 0 Å². The molecule has 0 aliphatic heterocycles. The van der Waals surface area contributed by atoms with Crippen LogP contribution in [0.3, 0.4) is 0 Å². The predicted molar refractivity (Wildman–Crippen MR) is 37.8 cm³/mol. The molecule has 1 aromatic rings. The van der Waals surface area contributed by atoms with Gasteiger partial charge in [0.1, 0.15) is 0 Å². The molecule has 13 heavy (non-hydrogen) atoms. The molecular weight excluding hydrogens is 185 g/mol. The van der Waals surface area contributed by atoms with Crippen LogP contribution in [-0.4, -0.2) is 21.3 Å². The van der Waals surface area contributed by atoms with Crippen molar-refractivity contribution < 1.29 is 18.3 Å². The van der Waals surface area contributed by atoms with E-state index in [-0.39, 0.29) is 5.69 Å². The van der Waals surface area contributed by atoms with Gasteiger partial charge in [0.2, 0.25) is 0 Å². The maximum atomic E-state index is 12.0. The van der Waals surface area contributed by atoms with Crippen molar-refractivity contribution >= 4 is 0 Å². The van der Waals surface area contributed by atoms with Crippen molar-refractivity contribution in [1.29, 1.82) is 0 Å². The SMILES string of the molecule is Cc1nccnc1[C@H](O)C(F)(F)F. The summed E-state index contributed by atoms with van der Waals surface area (Å²) in [7, 11) is 0. The first-order chi connectivity index (χ1) is 5.93. The molecule has 6 heteroatoms. The Bertz CT molecular complexity index is 300. The third-order valence-corrected chi connectivity index (χ3v) is 1.49. The Balaban J connectivity index is 3.02. The number of nitrogens with zero attached hydrogens (tertiary/aromatic N) is 2. The van der Waals surface area contributed by atoms with Crippen LogP contribution in [0.2, 0.25) is 0 Å². The van der Waals surface area contributed by atoms with Gasteiger partial charge < -0.3 is 5.11 Å². The molecule has 1 atom stereocenters. The minimum absolute atomic E-state index is 0.0762. The second-order valence-electron chi connectivity index (χ2n) is 2.47. The first-order valence-electron chi connectivity index (χ1n) is 3.45. The molecular formula is C7H7F3N2O. The Morgan fingerprint density at radius 1 is 1.31 bits per heavy atom. The number of rotatable bonds is 1. The van der Waals surface area contributed by atoms with E-state index in [2.05, 4.69) is 9.97 Å². The molecule has 0 saturated carbocycles. The third-order valence-electron chi connectivity index (χ3n) is 1.49. The molecule has 0 aliphatic carbocycles. The van der Waals surface area contributed by atoms with Gasteiger partial charge in [0, 0.05) is 12.4 Å². The van der Waals surface area contributed by atoms with Crippen molar-refractivity contribution in [3.05, 3.63) is 23.8 Å². The number of aryl methyl sites for hydroxylation is 1. The average molecular weight is 192 g/mol. The molecule has 0 saturated heterocycles. The molecule has 1 heterocycles. The molecule has 0 aromatic carbocycles. The summed E-state index contributed by atoms with van der Waals surface area (Å²) in [6, 6.07) is 0. The number of halogens is 3. The first-order valence-corrected chi connectivity index (χ1v) is 3.45. The lowest BCUT2D eigenvalue weighted by Gasteiger charge is -2.14. The van der Waals surface area contributed by atoms with Crippen LogP contribution in [0.25, 0.3) is 0 Å². The van der Waals surface area contributed by atoms with E-state index in [9.17, 15) is 13.2 Å². The summed E-state index contributed by atoms with van der Waals surface area (Å²) < 4.78 is 36.0. The molecule has 1 N–H and O–H groups in total. The first kappa shape index (κ1) is 9.91. The second-order valence-corrected chi connectivity index (χ2v) is 2.47. The van der Waals surface area contributed by atoms with Crippen LogP contribution in [0.5, 0.6) is 0 Å². The lowest BCUT2D eigenvalue weighted by Crippen LogP contribution is -2.22. The van der Waals surface area contributed by atoms with Gasteiger partial charge in [-0.3, -0.25) is 9.97 Å². The Morgan fingerprint density at radius 2 is 1.85 bits per heavy atom. The van der Waals surface area contributed by atoms with E-state index < -0.39 is 18.0 Å². The molecule has 1 aromatic heterocycles. The topological polar surface area (TPSA) is 46.0 Å². The normalized spacial score (nSPS) is 14.2. The van der Waals surface area contributed by atoms with Gasteiger partial charge in [-0.05, 0) is 6.92 Å². The summed E-state index contributed by atoms with van der Waals surface area (Å²) in [5.41, 5.74) is -0.373. The van der Waals surface area contributed by atoms with Crippen molar-refractivity contribution in [3.8, 4) is 0 Å². The van der Waals surface area contributed by atoms with Gasteiger partial charge in [-0.2, -0.15) is 13.2 Å². The highest BCUT2D eigenvalue weighted by Crippen LogP contribution is 2.31. The quantitative estimate of drug-likeness (QED) is 0.731. The van der Waals surface area contributed by atoms with Crippen molar-refractivity contribution in [2.75, 3.05) is 0 Å². The molecule has 0 spiro atoms. The summed E-state index contributed by atoms with van der Waals surface area (Å²) in [6.07, 6.45) is -4.87. The van der Waals surface area contributed by atoms with Crippen LogP contribution in [0.4, 0.5) is 13.2 Å². The van der Waals surface area contributed by atoms with E-state index in [1.165, 1.54) is 13.1 Å². The van der Waals surface area contributed by atoms with Crippen molar-refractivity contribution in [2.45, 2.75) is 19.2 Å². The van der Waals surface area contributed by atoms with Crippen LogP contribution < -0.4 is 0 Å². The van der Waals surface area contributed by atoms with Crippen molar-refractivity contribution in [2.24, 2.45) is 0 Å². The number of aliphatic hydroxyl groups excluding tert-OH is 1. The van der Waals surface area contributed by atoms with Gasteiger partial charge in [-0.15, -0.1) is 0 Å². The lowest BCUT2D eigenvalue weighted by atomic mass is 10.2. The Kier molecular flexibility index (Phi) is 2.51. The Labute approximate surface area is 72.3 Å². The van der Waals surface area contributed by atoms with E-state index in [0.717, 1.165) is 6.20 Å². The van der Waals surface area contributed by atoms with E-state index in [4.69, 9.17) is 5.11 Å². The number of aromatic nitrogens is 2. The zero-order chi connectivity index (χ0) is 10.1. The van der Waals surface area contributed by atoms with E-state index in [0.29, 0.717) is 0 Å². The maximum absolute atomic E-state index is 12.0. The molecule has 0 fully saturated rings. The highest BCUT2D eigenvalue weighted by molar-refractivity contribution is 5.12. The maximum Gasteiger partial charge on any atom is 0.420 e. The fourth-order valence-electron chi connectivity index (χ4n) is 0.842. The molecule has 3 nitrogen and oxygen atoms in total. The summed E-state index contributed by atoms with van der Waals surface area (Å²) in [5.74, 6) is 0. The summed E-state index contributed by atoms with van der Waals surface area (Å²) in [5, 5.41) is 8.81. The van der Waals surface area contributed by atoms with Crippen molar-refractivity contribution in [1.82, 2.24) is 9.97 Å². The van der Waals surface area contributed by atoms with Gasteiger partial charge in [-0.1, -0.05) is 0 Å². The van der Waals surface area contributed by atoms with Crippen LogP contribution in [0.15, 0.2) is 12.4 Å². The molecule has 72 valence electrons. The Hall–Kier alpha value is -1.17. The van der Waals surface area contributed by atoms with E-state index in [1.807, 2.05) is 0 Å². The highest BCUT2D eigenvalue weighted by Gasteiger charge is 2.41. The zero-order valence-corrected chi connectivity index (χ0v) is 6.71. The van der Waals surface area contributed by atoms with Crippen LogP contribution in [-0.2, 0) is 0 Å². The van der Waals surface area contributed by atoms with Crippen LogP contribution in [0.1, 0.15) is 17.5 Å². The zero-order valence-electron chi connectivity index (χ0n) is 6.71. The molecule has 0 bridgehead atoms. The van der Waals surface area contributed by atoms with Gasteiger partial charge in [0.05, 0.1) is 11.4 Å². The molecule has 0 amide bonds. The van der Waals surface area contributed by atoms with Gasteiger partial charge in [0.15, 0.2) is 6.10 Å². The fraction of sp³-hybridized carbons (Fsp3) is 0.429. The number of hydrogen-bond donors (Lipinski definition) is 1. The van der Waals surface area contributed by atoms with Crippen molar-refractivity contribution in [3.63, 3.8) is 0 Å². The standard InChI is InChI=1S/C7H7F3N2O/c1-4-5(12-3-2-11-4)6(13)7(8,9)10/h2-3,6,13H,1H3/t6-/m0/s1. The predicted octanol–water partition coefficient (Wildman–Crippen LogP) is 1.38. The monoisotopic (exact) mass is 192 g/mol. The van der Waals surface area contributed by atoms with Gasteiger partial charge >= 0.3 is 6.18 Å². The largest absolute Gasteiger partial charge is 0.420 e. The smallest absolute Gasteiger partial charge is 0.378 e. The average Bonchev–Trinajstić information content (AvgIpc) is 2.02. The Morgan fingerprint density at radius 3 is 2.31 bits per heavy atom. The molecule has 0 aliphatic rings. The molecule has 0 unspecified atom stereocenters. The molecule has 1 rings (SSSR count). The van der Waals surface area contributed by atoms with Crippen LogP contribution in [0, 0.1) is 6.92 Å². The summed E-state index contributed by atoms with van der Waals surface area (Å²) in [4.78, 5) is 7.00. The second kappa shape index (κ2) is 3.29. The number of aliphatic hydroxyl groups is 1. The molecule has 0 radical (unpaired) electrons. The van der Waals surface area contributed by atoms with Crippen LogP contribution >= 0.6 is 0 Å². The van der Waals surface area contributed by atoms with Gasteiger partial charge in [0.25, 0.3) is 0 Å². The summed E-state index contributed by atoms with van der Waals surface area (Å²) >= 11 is 0. The fourth-order valence-corrected chi connectivity index (χ4v) is 0.842. The number of alkyl halides is 3. The van der Waals surface area contributed by atoms with E-state index >= 15 is 0 Å². The minimum atomic E-state index is -4.69. The lowest BCUT2D eigenvalue weighted by molar-refractivity contribution is -0.208.